The van der Waals surface area contributed by atoms with Crippen LogP contribution in [0.3, 0.4) is 0 Å². The zero-order valence-electron chi connectivity index (χ0n) is 12.4. The van der Waals surface area contributed by atoms with E-state index in [4.69, 9.17) is 0 Å². The topological polar surface area (TPSA) is 50.3 Å². The second-order valence-electron chi connectivity index (χ2n) is 5.04. The van der Waals surface area contributed by atoms with Gasteiger partial charge in [0.1, 0.15) is 0 Å². The number of nitrogens with zero attached hydrogens (tertiary/aromatic N) is 2. The normalized spacial score (nSPS) is 11.7. The molecule has 0 aliphatic rings. The second-order valence-corrected chi connectivity index (χ2v) is 7.76. The molecule has 0 saturated heterocycles. The Morgan fingerprint density at radius 3 is 2.39 bits per heavy atom. The maximum absolute atomic E-state index is 13.0. The highest BCUT2D eigenvalue weighted by molar-refractivity contribution is 7.89. The van der Waals surface area contributed by atoms with Crippen LogP contribution < -0.4 is 0 Å². The molecule has 0 saturated carbocycles. The summed E-state index contributed by atoms with van der Waals surface area (Å²) in [7, 11) is -3.58. The molecule has 0 amide bonds. The van der Waals surface area contributed by atoms with Crippen molar-refractivity contribution in [1.82, 2.24) is 9.29 Å². The Bertz CT molecular complexity index is 833. The first-order valence-corrected chi connectivity index (χ1v) is 9.51. The van der Waals surface area contributed by atoms with Crippen LogP contribution in [0.5, 0.6) is 0 Å². The Kier molecular flexibility index (Phi) is 4.85. The van der Waals surface area contributed by atoms with Crippen molar-refractivity contribution in [3.63, 3.8) is 0 Å². The molecule has 0 atom stereocenters. The van der Waals surface area contributed by atoms with Crippen LogP contribution in [0.1, 0.15) is 11.3 Å². The fourth-order valence-corrected chi connectivity index (χ4v) is 4.31. The molecule has 0 N–H and O–H groups in total. The highest BCUT2D eigenvalue weighted by Crippen LogP contribution is 2.21. The van der Waals surface area contributed by atoms with Crippen LogP contribution in [0, 0.1) is 0 Å². The summed E-state index contributed by atoms with van der Waals surface area (Å²) < 4.78 is 27.4. The first-order chi connectivity index (χ1) is 11.2. The zero-order valence-corrected chi connectivity index (χ0v) is 14.0. The van der Waals surface area contributed by atoms with Gasteiger partial charge in [0.25, 0.3) is 0 Å². The van der Waals surface area contributed by atoms with Crippen molar-refractivity contribution >= 4 is 21.4 Å². The molecule has 0 aliphatic heterocycles. The van der Waals surface area contributed by atoms with Crippen LogP contribution in [-0.4, -0.2) is 17.7 Å². The Balaban J connectivity index is 1.94. The molecule has 3 rings (SSSR count). The molecule has 0 unspecified atom stereocenters. The molecule has 118 valence electrons. The quantitative estimate of drug-likeness (QED) is 0.687. The molecule has 2 heterocycles. The third-order valence-electron chi connectivity index (χ3n) is 3.38. The molecule has 4 nitrogen and oxygen atoms in total. The Morgan fingerprint density at radius 2 is 1.74 bits per heavy atom. The van der Waals surface area contributed by atoms with Crippen molar-refractivity contribution in [2.45, 2.75) is 18.0 Å². The van der Waals surface area contributed by atoms with Crippen molar-refractivity contribution in [1.29, 1.82) is 0 Å². The van der Waals surface area contributed by atoms with Gasteiger partial charge in [-0.1, -0.05) is 24.3 Å². The first kappa shape index (κ1) is 15.9. The average molecular weight is 344 g/mol. The molecule has 3 aromatic rings. The highest BCUT2D eigenvalue weighted by Gasteiger charge is 2.25. The molecule has 0 bridgehead atoms. The summed E-state index contributed by atoms with van der Waals surface area (Å²) in [6, 6.07) is 16.0. The standard InChI is InChI=1S/C17H16N2O2S2/c20-23(21,17-7-2-1-3-8-17)19(12-15-9-11-22-14-15)13-16-6-4-5-10-18-16/h1-11,14H,12-13H2. The number of pyridine rings is 1. The number of rotatable bonds is 6. The Morgan fingerprint density at radius 1 is 0.957 bits per heavy atom. The molecule has 0 aliphatic carbocycles. The van der Waals surface area contributed by atoms with E-state index in [1.807, 2.05) is 35.0 Å². The van der Waals surface area contributed by atoms with Gasteiger partial charge in [-0.25, -0.2) is 8.42 Å². The highest BCUT2D eigenvalue weighted by atomic mass is 32.2. The maximum Gasteiger partial charge on any atom is 0.243 e. The van der Waals surface area contributed by atoms with Crippen LogP contribution in [0.15, 0.2) is 76.4 Å². The number of benzene rings is 1. The van der Waals surface area contributed by atoms with Crippen molar-refractivity contribution in [2.24, 2.45) is 0 Å². The minimum absolute atomic E-state index is 0.244. The average Bonchev–Trinajstić information content (AvgIpc) is 3.09. The van der Waals surface area contributed by atoms with E-state index in [0.29, 0.717) is 11.4 Å². The van der Waals surface area contributed by atoms with Crippen molar-refractivity contribution in [3.05, 3.63) is 82.8 Å². The predicted octanol–water partition coefficient (Wildman–Crippen LogP) is 3.53. The number of sulfonamides is 1. The summed E-state index contributed by atoms with van der Waals surface area (Å²) >= 11 is 1.56. The third-order valence-corrected chi connectivity index (χ3v) is 5.92. The first-order valence-electron chi connectivity index (χ1n) is 7.12. The van der Waals surface area contributed by atoms with Gasteiger partial charge in [-0.3, -0.25) is 4.98 Å². The van der Waals surface area contributed by atoms with Crippen molar-refractivity contribution in [3.8, 4) is 0 Å². The van der Waals surface area contributed by atoms with Crippen LogP contribution in [0.25, 0.3) is 0 Å². The maximum atomic E-state index is 13.0. The SMILES string of the molecule is O=S(=O)(c1ccccc1)N(Cc1ccsc1)Cc1ccccn1. The summed E-state index contributed by atoms with van der Waals surface area (Å²) in [6.45, 7) is 0.575. The fraction of sp³-hybridized carbons (Fsp3) is 0.118. The van der Waals surface area contributed by atoms with Gasteiger partial charge >= 0.3 is 0 Å². The summed E-state index contributed by atoms with van der Waals surface area (Å²) in [5, 5.41) is 3.91. The smallest absolute Gasteiger partial charge is 0.243 e. The van der Waals surface area contributed by atoms with Crippen molar-refractivity contribution in [2.75, 3.05) is 0 Å². The molecule has 2 aromatic heterocycles. The van der Waals surface area contributed by atoms with Crippen LogP contribution >= 0.6 is 11.3 Å². The van der Waals surface area contributed by atoms with E-state index in [1.54, 1.807) is 47.9 Å². The van der Waals surface area contributed by atoms with Gasteiger partial charge in [-0.05, 0) is 46.7 Å². The number of hydrogen-bond donors (Lipinski definition) is 0. The molecule has 1 aromatic carbocycles. The summed E-state index contributed by atoms with van der Waals surface area (Å²) in [4.78, 5) is 4.55. The summed E-state index contributed by atoms with van der Waals surface area (Å²) in [5.41, 5.74) is 1.70. The lowest BCUT2D eigenvalue weighted by atomic mass is 10.3. The van der Waals surface area contributed by atoms with E-state index in [0.717, 1.165) is 11.3 Å². The molecule has 0 spiro atoms. The number of thiophene rings is 1. The van der Waals surface area contributed by atoms with E-state index in [9.17, 15) is 8.42 Å². The number of hydrogen-bond acceptors (Lipinski definition) is 4. The van der Waals surface area contributed by atoms with E-state index >= 15 is 0 Å². The van der Waals surface area contributed by atoms with E-state index in [-0.39, 0.29) is 6.54 Å². The third kappa shape index (κ3) is 3.85. The van der Waals surface area contributed by atoms with Gasteiger partial charge in [0.2, 0.25) is 10.0 Å². The lowest BCUT2D eigenvalue weighted by Crippen LogP contribution is -2.30. The monoisotopic (exact) mass is 344 g/mol. The van der Waals surface area contributed by atoms with Gasteiger partial charge in [0.05, 0.1) is 17.1 Å². The minimum atomic E-state index is -3.58. The van der Waals surface area contributed by atoms with Gasteiger partial charge in [0.15, 0.2) is 0 Å². The Hall–Kier alpha value is -2.02. The fourth-order valence-electron chi connectivity index (χ4n) is 2.23. The largest absolute Gasteiger partial charge is 0.260 e. The van der Waals surface area contributed by atoms with Crippen LogP contribution in [0.4, 0.5) is 0 Å². The van der Waals surface area contributed by atoms with E-state index in [1.165, 1.54) is 4.31 Å². The predicted molar refractivity (Wildman–Crippen MR) is 91.4 cm³/mol. The van der Waals surface area contributed by atoms with Gasteiger partial charge in [-0.2, -0.15) is 15.6 Å². The Labute approximate surface area is 140 Å². The van der Waals surface area contributed by atoms with E-state index in [2.05, 4.69) is 4.98 Å². The lowest BCUT2D eigenvalue weighted by Gasteiger charge is -2.21. The second kappa shape index (κ2) is 7.04. The number of aromatic nitrogens is 1. The molecule has 23 heavy (non-hydrogen) atoms. The molecular weight excluding hydrogens is 328 g/mol. The van der Waals surface area contributed by atoms with Gasteiger partial charge in [-0.15, -0.1) is 0 Å². The summed E-state index contributed by atoms with van der Waals surface area (Å²) in [6.07, 6.45) is 1.67. The van der Waals surface area contributed by atoms with E-state index < -0.39 is 10.0 Å². The van der Waals surface area contributed by atoms with Gasteiger partial charge in [0, 0.05) is 12.7 Å². The van der Waals surface area contributed by atoms with Crippen molar-refractivity contribution < 1.29 is 8.42 Å². The minimum Gasteiger partial charge on any atom is -0.260 e. The molecule has 6 heteroatoms. The molecule has 0 radical (unpaired) electrons. The summed E-state index contributed by atoms with van der Waals surface area (Å²) in [5.74, 6) is 0. The van der Waals surface area contributed by atoms with Gasteiger partial charge < -0.3 is 0 Å². The molecule has 0 fully saturated rings. The zero-order chi connectivity index (χ0) is 16.1. The molecular formula is C17H16N2O2S2. The van der Waals surface area contributed by atoms with Crippen LogP contribution in [0.2, 0.25) is 0 Å². The van der Waals surface area contributed by atoms with Crippen LogP contribution in [-0.2, 0) is 23.1 Å². The lowest BCUT2D eigenvalue weighted by molar-refractivity contribution is 0.397.